The zero-order chi connectivity index (χ0) is 15.7. The molecule has 1 aromatic carbocycles. The molecule has 0 fully saturated rings. The monoisotopic (exact) mass is 316 g/mol. The van der Waals surface area contributed by atoms with Crippen LogP contribution in [0.5, 0.6) is 0 Å². The Bertz CT molecular complexity index is 822. The normalized spacial score (nSPS) is 10.7. The number of benzene rings is 1. The highest BCUT2D eigenvalue weighted by atomic mass is 32.1. The predicted molar refractivity (Wildman–Crippen MR) is 83.4 cm³/mol. The molecule has 0 aliphatic carbocycles. The number of carbonyl (C=O) groups excluding carboxylic acids is 1. The van der Waals surface area contributed by atoms with Gasteiger partial charge in [0, 0.05) is 25.0 Å². The Hall–Kier alpha value is -2.54. The molecule has 1 amide bonds. The molecule has 1 N–H and O–H groups in total. The first-order valence-corrected chi connectivity index (χ1v) is 7.38. The smallest absolute Gasteiger partial charge is 0.257 e. The molecule has 0 spiro atoms. The first-order valence-electron chi connectivity index (χ1n) is 6.56. The summed E-state index contributed by atoms with van der Waals surface area (Å²) in [6.07, 6.45) is 3.57. The maximum atomic E-state index is 12.9. The largest absolute Gasteiger partial charge is 0.333 e. The maximum Gasteiger partial charge on any atom is 0.257 e. The van der Waals surface area contributed by atoms with E-state index >= 15 is 0 Å². The van der Waals surface area contributed by atoms with Gasteiger partial charge in [-0.25, -0.2) is 14.4 Å². The summed E-state index contributed by atoms with van der Waals surface area (Å²) < 4.78 is 14.8. The molecule has 5 nitrogen and oxygen atoms in total. The zero-order valence-corrected chi connectivity index (χ0v) is 12.8. The molecule has 22 heavy (non-hydrogen) atoms. The summed E-state index contributed by atoms with van der Waals surface area (Å²) in [5.74, 6) is 0.108. The van der Waals surface area contributed by atoms with Crippen molar-refractivity contribution in [3.05, 3.63) is 53.7 Å². The van der Waals surface area contributed by atoms with E-state index in [4.69, 9.17) is 0 Å². The molecule has 0 bridgehead atoms. The number of aryl methyl sites for hydroxylation is 2. The molecule has 0 aliphatic rings. The van der Waals surface area contributed by atoms with Gasteiger partial charge >= 0.3 is 0 Å². The fourth-order valence-electron chi connectivity index (χ4n) is 2.01. The van der Waals surface area contributed by atoms with Crippen LogP contribution in [-0.4, -0.2) is 20.4 Å². The van der Waals surface area contributed by atoms with Crippen molar-refractivity contribution in [3.63, 3.8) is 0 Å². The molecule has 0 unspecified atom stereocenters. The van der Waals surface area contributed by atoms with Crippen molar-refractivity contribution in [2.24, 2.45) is 7.05 Å². The average Bonchev–Trinajstić information content (AvgIpc) is 3.05. The number of halogens is 1. The van der Waals surface area contributed by atoms with Crippen LogP contribution in [0.15, 0.2) is 36.7 Å². The number of nitrogens with one attached hydrogen (secondary N) is 1. The lowest BCUT2D eigenvalue weighted by molar-refractivity contribution is 0.102. The Morgan fingerprint density at radius 1 is 1.32 bits per heavy atom. The molecule has 3 rings (SSSR count). The van der Waals surface area contributed by atoms with Gasteiger partial charge in [-0.3, -0.25) is 10.1 Å². The van der Waals surface area contributed by atoms with E-state index in [2.05, 4.69) is 15.3 Å². The van der Waals surface area contributed by atoms with E-state index in [9.17, 15) is 9.18 Å². The molecule has 2 aromatic heterocycles. The molecular weight excluding hydrogens is 303 g/mol. The minimum atomic E-state index is -0.376. The number of amides is 1. The third kappa shape index (κ3) is 2.75. The number of aromatic nitrogens is 3. The van der Waals surface area contributed by atoms with Crippen LogP contribution in [0.3, 0.4) is 0 Å². The van der Waals surface area contributed by atoms with Crippen molar-refractivity contribution in [3.8, 4) is 10.7 Å². The van der Waals surface area contributed by atoms with Crippen molar-refractivity contribution in [2.75, 3.05) is 5.32 Å². The van der Waals surface area contributed by atoms with Crippen molar-refractivity contribution in [1.82, 2.24) is 14.5 Å². The number of rotatable bonds is 3. The third-order valence-electron chi connectivity index (χ3n) is 3.15. The number of nitrogens with zero attached hydrogens (tertiary/aromatic N) is 3. The quantitative estimate of drug-likeness (QED) is 0.807. The van der Waals surface area contributed by atoms with Gasteiger partial charge in [0.1, 0.15) is 5.82 Å². The Morgan fingerprint density at radius 3 is 2.68 bits per heavy atom. The third-order valence-corrected chi connectivity index (χ3v) is 4.22. The Balaban J connectivity index is 1.83. The summed E-state index contributed by atoms with van der Waals surface area (Å²) in [7, 11) is 1.90. The van der Waals surface area contributed by atoms with E-state index in [0.717, 1.165) is 16.4 Å². The highest BCUT2D eigenvalue weighted by Crippen LogP contribution is 2.31. The number of carbonyl (C=O) groups is 1. The lowest BCUT2D eigenvalue weighted by Gasteiger charge is -2.01. The number of anilines is 1. The molecule has 0 atom stereocenters. The number of thiazole rings is 1. The minimum Gasteiger partial charge on any atom is -0.333 e. The van der Waals surface area contributed by atoms with E-state index in [1.165, 1.54) is 35.6 Å². The van der Waals surface area contributed by atoms with Gasteiger partial charge in [-0.05, 0) is 31.2 Å². The van der Waals surface area contributed by atoms with Crippen LogP contribution in [-0.2, 0) is 7.05 Å². The van der Waals surface area contributed by atoms with E-state index in [0.29, 0.717) is 10.7 Å². The van der Waals surface area contributed by atoms with E-state index < -0.39 is 0 Å². The lowest BCUT2D eigenvalue weighted by Crippen LogP contribution is -2.11. The van der Waals surface area contributed by atoms with Gasteiger partial charge in [-0.15, -0.1) is 0 Å². The first kappa shape index (κ1) is 14.4. The number of hydrogen-bond acceptors (Lipinski definition) is 4. The molecule has 2 heterocycles. The van der Waals surface area contributed by atoms with Gasteiger partial charge in [0.25, 0.3) is 5.91 Å². The second-order valence-electron chi connectivity index (χ2n) is 4.76. The first-order chi connectivity index (χ1) is 10.5. The molecular formula is C15H13FN4OS. The standard InChI is InChI=1S/C15H13FN4OS/c1-9-12(13-17-7-8-20(13)2)22-15(18-9)19-14(21)10-3-5-11(16)6-4-10/h3-8H,1-2H3,(H,18,19,21). The molecule has 0 radical (unpaired) electrons. The molecule has 7 heteroatoms. The van der Waals surface area contributed by atoms with Crippen LogP contribution in [0.25, 0.3) is 10.7 Å². The number of imidazole rings is 1. The van der Waals surface area contributed by atoms with Gasteiger partial charge in [0.15, 0.2) is 11.0 Å². The predicted octanol–water partition coefficient (Wildman–Crippen LogP) is 3.24. The van der Waals surface area contributed by atoms with Crippen molar-refractivity contribution in [1.29, 1.82) is 0 Å². The minimum absolute atomic E-state index is 0.319. The van der Waals surface area contributed by atoms with E-state index in [-0.39, 0.29) is 11.7 Å². The summed E-state index contributed by atoms with van der Waals surface area (Å²) in [5.41, 5.74) is 1.18. The summed E-state index contributed by atoms with van der Waals surface area (Å²) >= 11 is 1.36. The lowest BCUT2D eigenvalue weighted by atomic mass is 10.2. The molecule has 112 valence electrons. The van der Waals surface area contributed by atoms with E-state index in [1.807, 2.05) is 24.7 Å². The Kier molecular flexibility index (Phi) is 3.72. The highest BCUT2D eigenvalue weighted by molar-refractivity contribution is 7.19. The fraction of sp³-hybridized carbons (Fsp3) is 0.133. The average molecular weight is 316 g/mol. The maximum absolute atomic E-state index is 12.9. The second kappa shape index (κ2) is 5.69. The van der Waals surface area contributed by atoms with Crippen LogP contribution in [0.4, 0.5) is 9.52 Å². The zero-order valence-electron chi connectivity index (χ0n) is 12.0. The van der Waals surface area contributed by atoms with Crippen LogP contribution in [0.1, 0.15) is 16.1 Å². The van der Waals surface area contributed by atoms with Gasteiger partial charge in [0.05, 0.1) is 10.6 Å². The number of hydrogen-bond donors (Lipinski definition) is 1. The van der Waals surface area contributed by atoms with Crippen LogP contribution < -0.4 is 5.32 Å². The summed E-state index contributed by atoms with van der Waals surface area (Å²) in [5, 5.41) is 3.22. The molecule has 0 saturated carbocycles. The Morgan fingerprint density at radius 2 is 2.05 bits per heavy atom. The van der Waals surface area contributed by atoms with Gasteiger partial charge in [-0.1, -0.05) is 11.3 Å². The summed E-state index contributed by atoms with van der Waals surface area (Å²) in [6.45, 7) is 1.87. The highest BCUT2D eigenvalue weighted by Gasteiger charge is 2.15. The topological polar surface area (TPSA) is 59.8 Å². The van der Waals surface area contributed by atoms with Crippen LogP contribution in [0, 0.1) is 12.7 Å². The van der Waals surface area contributed by atoms with E-state index in [1.54, 1.807) is 6.20 Å². The summed E-state index contributed by atoms with van der Waals surface area (Å²) in [6, 6.07) is 5.37. The second-order valence-corrected chi connectivity index (χ2v) is 5.76. The summed E-state index contributed by atoms with van der Waals surface area (Å²) in [4.78, 5) is 21.7. The van der Waals surface area contributed by atoms with Crippen LogP contribution >= 0.6 is 11.3 Å². The SMILES string of the molecule is Cc1nc(NC(=O)c2ccc(F)cc2)sc1-c1nccn1C. The van der Waals surface area contributed by atoms with Crippen LogP contribution in [0.2, 0.25) is 0 Å². The Labute approximate surface area is 130 Å². The van der Waals surface area contributed by atoms with Crippen molar-refractivity contribution in [2.45, 2.75) is 6.92 Å². The molecule has 0 aliphatic heterocycles. The van der Waals surface area contributed by atoms with Crippen molar-refractivity contribution < 1.29 is 9.18 Å². The van der Waals surface area contributed by atoms with Gasteiger partial charge in [0.2, 0.25) is 0 Å². The fourth-order valence-corrected chi connectivity index (χ4v) is 3.01. The van der Waals surface area contributed by atoms with Crippen molar-refractivity contribution >= 4 is 22.4 Å². The molecule has 3 aromatic rings. The molecule has 0 saturated heterocycles. The van der Waals surface area contributed by atoms with Gasteiger partial charge < -0.3 is 4.57 Å². The van der Waals surface area contributed by atoms with Gasteiger partial charge in [-0.2, -0.15) is 0 Å².